The van der Waals surface area contributed by atoms with E-state index in [1.54, 1.807) is 6.07 Å². The van der Waals surface area contributed by atoms with Crippen molar-refractivity contribution in [3.63, 3.8) is 0 Å². The summed E-state index contributed by atoms with van der Waals surface area (Å²) in [4.78, 5) is 0.349. The van der Waals surface area contributed by atoms with Crippen molar-refractivity contribution in [2.24, 2.45) is 5.73 Å². The zero-order chi connectivity index (χ0) is 12.7. The third kappa shape index (κ3) is 4.92. The minimum atomic E-state index is 0.349. The molecular weight excluding hydrogens is 254 g/mol. The lowest BCUT2D eigenvalue weighted by Crippen LogP contribution is -2.09. The number of unbranched alkanes of at least 4 members (excludes halogenated alkanes) is 3. The monoisotopic (exact) mass is 271 g/mol. The van der Waals surface area contributed by atoms with Crippen molar-refractivity contribution >= 4 is 28.8 Å². The second-order valence-corrected chi connectivity index (χ2v) is 4.77. The van der Waals surface area contributed by atoms with Gasteiger partial charge in [-0.05, 0) is 24.6 Å². The summed E-state index contributed by atoms with van der Waals surface area (Å²) >= 11 is 11.0. The van der Waals surface area contributed by atoms with Gasteiger partial charge in [-0.25, -0.2) is 0 Å². The summed E-state index contributed by atoms with van der Waals surface area (Å²) in [6, 6.07) is 5.39. The van der Waals surface area contributed by atoms with Crippen LogP contribution in [-0.4, -0.2) is 11.6 Å². The number of rotatable bonds is 7. The highest BCUT2D eigenvalue weighted by Crippen LogP contribution is 2.25. The minimum Gasteiger partial charge on any atom is -0.492 e. The van der Waals surface area contributed by atoms with Crippen LogP contribution in [0, 0.1) is 0 Å². The number of hydrogen-bond donors (Lipinski definition) is 1. The van der Waals surface area contributed by atoms with Crippen LogP contribution < -0.4 is 10.5 Å². The average Bonchev–Trinajstić information content (AvgIpc) is 2.30. The standard InChI is InChI=1S/C13H18ClNOS/c1-2-3-4-5-8-16-12-7-6-10(13(15)17)9-11(12)14/h6-7,9H,2-5,8H2,1H3,(H2,15,17). The van der Waals surface area contributed by atoms with Gasteiger partial charge < -0.3 is 10.5 Å². The Morgan fingerprint density at radius 2 is 2.12 bits per heavy atom. The summed E-state index contributed by atoms with van der Waals surface area (Å²) < 4.78 is 5.60. The van der Waals surface area contributed by atoms with E-state index < -0.39 is 0 Å². The van der Waals surface area contributed by atoms with Gasteiger partial charge in [-0.3, -0.25) is 0 Å². The zero-order valence-corrected chi connectivity index (χ0v) is 11.6. The van der Waals surface area contributed by atoms with Crippen LogP contribution in [0.1, 0.15) is 38.2 Å². The Morgan fingerprint density at radius 3 is 2.71 bits per heavy atom. The summed E-state index contributed by atoms with van der Waals surface area (Å²) in [5.41, 5.74) is 6.29. The molecule has 0 fully saturated rings. The van der Waals surface area contributed by atoms with Gasteiger partial charge in [0.25, 0.3) is 0 Å². The molecule has 0 aliphatic rings. The summed E-state index contributed by atoms with van der Waals surface area (Å²) in [5.74, 6) is 0.697. The van der Waals surface area contributed by atoms with Crippen molar-refractivity contribution in [3.8, 4) is 5.75 Å². The molecule has 0 saturated heterocycles. The van der Waals surface area contributed by atoms with Gasteiger partial charge in [0.15, 0.2) is 0 Å². The predicted molar refractivity (Wildman–Crippen MR) is 77.0 cm³/mol. The van der Waals surface area contributed by atoms with Gasteiger partial charge in [0.2, 0.25) is 0 Å². The van der Waals surface area contributed by atoms with Crippen molar-refractivity contribution in [2.75, 3.05) is 6.61 Å². The fourth-order valence-electron chi connectivity index (χ4n) is 1.48. The van der Waals surface area contributed by atoms with Crippen molar-refractivity contribution in [2.45, 2.75) is 32.6 Å². The molecule has 0 saturated carbocycles. The SMILES string of the molecule is CCCCCCOc1ccc(C(N)=S)cc1Cl. The minimum absolute atomic E-state index is 0.349. The Kier molecular flexibility index (Phi) is 6.30. The van der Waals surface area contributed by atoms with E-state index in [9.17, 15) is 0 Å². The molecule has 94 valence electrons. The van der Waals surface area contributed by atoms with Crippen LogP contribution in [0.3, 0.4) is 0 Å². The number of hydrogen-bond acceptors (Lipinski definition) is 2. The van der Waals surface area contributed by atoms with Crippen molar-refractivity contribution < 1.29 is 4.74 Å². The van der Waals surface area contributed by atoms with E-state index in [4.69, 9.17) is 34.3 Å². The molecule has 1 aromatic carbocycles. The predicted octanol–water partition coefficient (Wildman–Crippen LogP) is 3.93. The Bertz CT molecular complexity index is 382. The molecule has 0 atom stereocenters. The Hall–Kier alpha value is -0.800. The van der Waals surface area contributed by atoms with Gasteiger partial charge in [0.05, 0.1) is 11.6 Å². The highest BCUT2D eigenvalue weighted by Gasteiger charge is 2.04. The number of benzene rings is 1. The highest BCUT2D eigenvalue weighted by molar-refractivity contribution is 7.80. The molecule has 0 aliphatic carbocycles. The highest BCUT2D eigenvalue weighted by atomic mass is 35.5. The van der Waals surface area contributed by atoms with Crippen LogP contribution in [0.5, 0.6) is 5.75 Å². The number of thiocarbonyl (C=S) groups is 1. The third-order valence-corrected chi connectivity index (χ3v) is 3.00. The Morgan fingerprint density at radius 1 is 1.35 bits per heavy atom. The largest absolute Gasteiger partial charge is 0.492 e. The lowest BCUT2D eigenvalue weighted by atomic mass is 10.2. The van der Waals surface area contributed by atoms with Crippen molar-refractivity contribution in [3.05, 3.63) is 28.8 Å². The maximum absolute atomic E-state index is 6.07. The van der Waals surface area contributed by atoms with Crippen molar-refractivity contribution in [1.82, 2.24) is 0 Å². The van der Waals surface area contributed by atoms with E-state index in [1.165, 1.54) is 19.3 Å². The van der Waals surface area contributed by atoms with Gasteiger partial charge in [-0.1, -0.05) is 50.0 Å². The van der Waals surface area contributed by atoms with E-state index in [0.717, 1.165) is 12.0 Å². The molecule has 0 spiro atoms. The molecule has 4 heteroatoms. The first-order chi connectivity index (χ1) is 8.15. The topological polar surface area (TPSA) is 35.2 Å². The van der Waals surface area contributed by atoms with E-state index >= 15 is 0 Å². The Balaban J connectivity index is 2.46. The molecule has 2 nitrogen and oxygen atoms in total. The molecule has 0 radical (unpaired) electrons. The van der Waals surface area contributed by atoms with Gasteiger partial charge in [-0.2, -0.15) is 0 Å². The Labute approximate surface area is 113 Å². The van der Waals surface area contributed by atoms with E-state index in [0.29, 0.717) is 22.4 Å². The van der Waals surface area contributed by atoms with Crippen molar-refractivity contribution in [1.29, 1.82) is 0 Å². The lowest BCUT2D eigenvalue weighted by molar-refractivity contribution is 0.305. The first kappa shape index (κ1) is 14.3. The van der Waals surface area contributed by atoms with Gasteiger partial charge in [0.1, 0.15) is 10.7 Å². The number of nitrogens with two attached hydrogens (primary N) is 1. The molecular formula is C13H18ClNOS. The van der Waals surface area contributed by atoms with Crippen LogP contribution in [0.25, 0.3) is 0 Å². The van der Waals surface area contributed by atoms with Crippen LogP contribution in [0.15, 0.2) is 18.2 Å². The fourth-order valence-corrected chi connectivity index (χ4v) is 1.84. The molecule has 0 bridgehead atoms. The lowest BCUT2D eigenvalue weighted by Gasteiger charge is -2.09. The van der Waals surface area contributed by atoms with Crippen LogP contribution in [0.2, 0.25) is 5.02 Å². The quantitative estimate of drug-likeness (QED) is 0.603. The molecule has 0 unspecified atom stereocenters. The van der Waals surface area contributed by atoms with Crippen LogP contribution in [0.4, 0.5) is 0 Å². The first-order valence-electron chi connectivity index (χ1n) is 5.87. The zero-order valence-electron chi connectivity index (χ0n) is 10.0. The third-order valence-electron chi connectivity index (χ3n) is 2.47. The molecule has 2 N–H and O–H groups in total. The second kappa shape index (κ2) is 7.51. The van der Waals surface area contributed by atoms with Gasteiger partial charge in [-0.15, -0.1) is 0 Å². The molecule has 17 heavy (non-hydrogen) atoms. The molecule has 0 aromatic heterocycles. The summed E-state index contributed by atoms with van der Waals surface area (Å²) in [5, 5.41) is 0.561. The second-order valence-electron chi connectivity index (χ2n) is 3.92. The fraction of sp³-hybridized carbons (Fsp3) is 0.462. The average molecular weight is 272 g/mol. The van der Waals surface area contributed by atoms with Gasteiger partial charge >= 0.3 is 0 Å². The van der Waals surface area contributed by atoms with E-state index in [2.05, 4.69) is 6.92 Å². The molecule has 0 amide bonds. The number of ether oxygens (including phenoxy) is 1. The smallest absolute Gasteiger partial charge is 0.137 e. The first-order valence-corrected chi connectivity index (χ1v) is 6.66. The summed E-state index contributed by atoms with van der Waals surface area (Å²) in [6.07, 6.45) is 4.72. The molecule has 1 aromatic rings. The molecule has 0 heterocycles. The number of halogens is 1. The van der Waals surface area contributed by atoms with E-state index in [-0.39, 0.29) is 0 Å². The maximum Gasteiger partial charge on any atom is 0.137 e. The van der Waals surface area contributed by atoms with Crippen LogP contribution >= 0.6 is 23.8 Å². The van der Waals surface area contributed by atoms with E-state index in [1.807, 2.05) is 12.1 Å². The summed E-state index contributed by atoms with van der Waals surface area (Å²) in [7, 11) is 0. The van der Waals surface area contributed by atoms with Crippen LogP contribution in [-0.2, 0) is 0 Å². The molecule has 1 rings (SSSR count). The van der Waals surface area contributed by atoms with Gasteiger partial charge in [0, 0.05) is 5.56 Å². The maximum atomic E-state index is 6.07. The normalized spacial score (nSPS) is 10.2. The summed E-state index contributed by atoms with van der Waals surface area (Å²) in [6.45, 7) is 2.89. The molecule has 0 aliphatic heterocycles.